The highest BCUT2D eigenvalue weighted by molar-refractivity contribution is 14.0. The van der Waals surface area contributed by atoms with Crippen LogP contribution < -0.4 is 15.5 Å². The summed E-state index contributed by atoms with van der Waals surface area (Å²) in [7, 11) is 3.62. The molecular formula is C16H27FIN5. The van der Waals surface area contributed by atoms with Gasteiger partial charge in [-0.1, -0.05) is 12.1 Å². The molecular weight excluding hydrogens is 408 g/mol. The number of hydrogen-bond acceptors (Lipinski definition) is 3. The van der Waals surface area contributed by atoms with Gasteiger partial charge >= 0.3 is 0 Å². The van der Waals surface area contributed by atoms with Gasteiger partial charge in [0.1, 0.15) is 5.82 Å². The Kier molecular flexibility index (Phi) is 9.23. The fraction of sp³-hybridized carbons (Fsp3) is 0.562. The number of halogens is 2. The molecule has 0 radical (unpaired) electrons. The maximum Gasteiger partial charge on any atom is 0.190 e. The highest BCUT2D eigenvalue weighted by Gasteiger charge is 2.18. The molecule has 1 fully saturated rings. The van der Waals surface area contributed by atoms with Crippen molar-refractivity contribution in [2.75, 3.05) is 58.3 Å². The molecule has 1 heterocycles. The lowest BCUT2D eigenvalue weighted by molar-refractivity contribution is 0.254. The van der Waals surface area contributed by atoms with E-state index in [0.29, 0.717) is 0 Å². The van der Waals surface area contributed by atoms with E-state index in [0.717, 1.165) is 57.3 Å². The van der Waals surface area contributed by atoms with Crippen LogP contribution in [0, 0.1) is 5.82 Å². The summed E-state index contributed by atoms with van der Waals surface area (Å²) in [6.45, 7) is 5.68. The lowest BCUT2D eigenvalue weighted by atomic mass is 10.2. The number of aliphatic imine (C=N–C) groups is 1. The van der Waals surface area contributed by atoms with E-state index in [1.54, 1.807) is 13.1 Å². The lowest BCUT2D eigenvalue weighted by Crippen LogP contribution is -2.47. The van der Waals surface area contributed by atoms with E-state index in [1.807, 2.05) is 19.2 Å². The van der Waals surface area contributed by atoms with E-state index in [4.69, 9.17) is 0 Å². The molecule has 1 aromatic carbocycles. The van der Waals surface area contributed by atoms with Gasteiger partial charge in [0.25, 0.3) is 0 Å². The Balaban J connectivity index is 0.00000264. The van der Waals surface area contributed by atoms with Gasteiger partial charge in [0, 0.05) is 46.8 Å². The van der Waals surface area contributed by atoms with Crippen LogP contribution >= 0.6 is 24.0 Å². The van der Waals surface area contributed by atoms with Gasteiger partial charge < -0.3 is 15.5 Å². The van der Waals surface area contributed by atoms with E-state index in [1.165, 1.54) is 6.07 Å². The zero-order chi connectivity index (χ0) is 15.8. The summed E-state index contributed by atoms with van der Waals surface area (Å²) in [4.78, 5) is 8.64. The summed E-state index contributed by atoms with van der Waals surface area (Å²) in [6, 6.07) is 7.02. The molecule has 0 saturated carbocycles. The molecule has 1 aromatic rings. The average molecular weight is 435 g/mol. The Labute approximate surface area is 155 Å². The molecule has 0 amide bonds. The topological polar surface area (TPSA) is 42.9 Å². The van der Waals surface area contributed by atoms with Crippen LogP contribution in [0.2, 0.25) is 0 Å². The van der Waals surface area contributed by atoms with Crippen molar-refractivity contribution in [3.63, 3.8) is 0 Å². The average Bonchev–Trinajstić information content (AvgIpc) is 2.56. The van der Waals surface area contributed by atoms with Gasteiger partial charge in [-0.15, -0.1) is 24.0 Å². The minimum Gasteiger partial charge on any atom is -0.367 e. The van der Waals surface area contributed by atoms with E-state index in [-0.39, 0.29) is 29.8 Å². The minimum absolute atomic E-state index is 0. The maximum absolute atomic E-state index is 13.8. The third-order valence-electron chi connectivity index (χ3n) is 3.97. The summed E-state index contributed by atoms with van der Waals surface area (Å²) in [5.41, 5.74) is 0.724. The molecule has 0 aliphatic carbocycles. The van der Waals surface area contributed by atoms with Crippen molar-refractivity contribution >= 4 is 35.6 Å². The lowest BCUT2D eigenvalue weighted by Gasteiger charge is -2.36. The van der Waals surface area contributed by atoms with E-state index < -0.39 is 0 Å². The van der Waals surface area contributed by atoms with Crippen LogP contribution in [0.1, 0.15) is 6.42 Å². The highest BCUT2D eigenvalue weighted by Crippen LogP contribution is 2.19. The van der Waals surface area contributed by atoms with Crippen LogP contribution in [-0.4, -0.2) is 64.2 Å². The van der Waals surface area contributed by atoms with Gasteiger partial charge in [-0.2, -0.15) is 0 Å². The Morgan fingerprint density at radius 2 is 1.91 bits per heavy atom. The number of anilines is 1. The number of nitrogens with one attached hydrogen (secondary N) is 2. The molecule has 0 atom stereocenters. The van der Waals surface area contributed by atoms with Crippen molar-refractivity contribution in [1.29, 1.82) is 0 Å². The number of piperazine rings is 1. The Morgan fingerprint density at radius 3 is 2.52 bits per heavy atom. The second-order valence-corrected chi connectivity index (χ2v) is 5.38. The van der Waals surface area contributed by atoms with Crippen LogP contribution in [0.5, 0.6) is 0 Å². The zero-order valence-electron chi connectivity index (χ0n) is 13.9. The summed E-state index contributed by atoms with van der Waals surface area (Å²) >= 11 is 0. The summed E-state index contributed by atoms with van der Waals surface area (Å²) in [6.07, 6.45) is 1.07. The number of benzene rings is 1. The van der Waals surface area contributed by atoms with Crippen molar-refractivity contribution in [2.24, 2.45) is 4.99 Å². The first-order valence-corrected chi connectivity index (χ1v) is 7.85. The molecule has 7 heteroatoms. The fourth-order valence-electron chi connectivity index (χ4n) is 2.71. The van der Waals surface area contributed by atoms with Gasteiger partial charge in [-0.25, -0.2) is 4.39 Å². The molecule has 1 aliphatic rings. The van der Waals surface area contributed by atoms with Crippen LogP contribution in [0.3, 0.4) is 0 Å². The van der Waals surface area contributed by atoms with Gasteiger partial charge in [0.15, 0.2) is 5.96 Å². The fourth-order valence-corrected chi connectivity index (χ4v) is 2.71. The standard InChI is InChI=1S/C16H26FN5.HI/c1-18-16(19-2)20-8-5-9-21-10-12-22(13-11-21)15-7-4-3-6-14(15)17;/h3-4,6-7H,5,8-13H2,1-2H3,(H2,18,19,20);1H. The Bertz CT molecular complexity index is 489. The van der Waals surface area contributed by atoms with Gasteiger partial charge in [0.05, 0.1) is 5.69 Å². The van der Waals surface area contributed by atoms with Gasteiger partial charge in [-0.05, 0) is 25.1 Å². The Morgan fingerprint density at radius 1 is 1.22 bits per heavy atom. The molecule has 0 unspecified atom stereocenters. The van der Waals surface area contributed by atoms with E-state index in [2.05, 4.69) is 25.4 Å². The highest BCUT2D eigenvalue weighted by atomic mass is 127. The third kappa shape index (κ3) is 6.14. The van der Waals surface area contributed by atoms with Crippen molar-refractivity contribution < 1.29 is 4.39 Å². The van der Waals surface area contributed by atoms with Crippen LogP contribution in [-0.2, 0) is 0 Å². The quantitative estimate of drug-likeness (QED) is 0.320. The molecule has 130 valence electrons. The Hall–Kier alpha value is -1.09. The molecule has 0 spiro atoms. The second kappa shape index (κ2) is 10.6. The molecule has 0 aromatic heterocycles. The third-order valence-corrected chi connectivity index (χ3v) is 3.97. The van der Waals surface area contributed by atoms with Crippen molar-refractivity contribution in [2.45, 2.75) is 6.42 Å². The molecule has 5 nitrogen and oxygen atoms in total. The predicted molar refractivity (Wildman–Crippen MR) is 106 cm³/mol. The summed E-state index contributed by atoms with van der Waals surface area (Å²) in [5, 5.41) is 6.26. The first kappa shape index (κ1) is 20.0. The van der Waals surface area contributed by atoms with Crippen LogP contribution in [0.4, 0.5) is 10.1 Å². The molecule has 23 heavy (non-hydrogen) atoms. The number of rotatable bonds is 5. The van der Waals surface area contributed by atoms with Gasteiger partial charge in [-0.3, -0.25) is 9.89 Å². The SMILES string of the molecule is CN=C(NC)NCCCN1CCN(c2ccccc2F)CC1.I. The first-order chi connectivity index (χ1) is 10.7. The first-order valence-electron chi connectivity index (χ1n) is 7.85. The largest absolute Gasteiger partial charge is 0.367 e. The minimum atomic E-state index is -0.126. The summed E-state index contributed by atoms with van der Waals surface area (Å²) in [5.74, 6) is 0.697. The number of hydrogen-bond donors (Lipinski definition) is 2. The molecule has 2 N–H and O–H groups in total. The monoisotopic (exact) mass is 435 g/mol. The normalized spacial score (nSPS) is 16.0. The van der Waals surface area contributed by atoms with Gasteiger partial charge in [0.2, 0.25) is 0 Å². The zero-order valence-corrected chi connectivity index (χ0v) is 16.2. The number of nitrogens with zero attached hydrogens (tertiary/aromatic N) is 3. The molecule has 1 aliphatic heterocycles. The maximum atomic E-state index is 13.8. The molecule has 2 rings (SSSR count). The number of guanidine groups is 1. The van der Waals surface area contributed by atoms with E-state index in [9.17, 15) is 4.39 Å². The molecule has 0 bridgehead atoms. The second-order valence-electron chi connectivity index (χ2n) is 5.38. The van der Waals surface area contributed by atoms with E-state index >= 15 is 0 Å². The number of para-hydroxylation sites is 1. The summed E-state index contributed by atoms with van der Waals surface area (Å²) < 4.78 is 13.8. The van der Waals surface area contributed by atoms with Crippen molar-refractivity contribution in [3.05, 3.63) is 30.1 Å². The predicted octanol–water partition coefficient (Wildman–Crippen LogP) is 1.75. The van der Waals surface area contributed by atoms with Crippen molar-refractivity contribution in [1.82, 2.24) is 15.5 Å². The van der Waals surface area contributed by atoms with Crippen molar-refractivity contribution in [3.8, 4) is 0 Å². The molecule has 1 saturated heterocycles. The smallest absolute Gasteiger partial charge is 0.190 e. The van der Waals surface area contributed by atoms with Crippen LogP contribution in [0.25, 0.3) is 0 Å². The van der Waals surface area contributed by atoms with Crippen LogP contribution in [0.15, 0.2) is 29.3 Å².